The summed E-state index contributed by atoms with van der Waals surface area (Å²) in [5, 5.41) is 19.5. The number of rotatable bonds is 6. The molecule has 0 aromatic heterocycles. The Bertz CT molecular complexity index is 468. The van der Waals surface area contributed by atoms with E-state index in [-0.39, 0.29) is 18.7 Å². The summed E-state index contributed by atoms with van der Waals surface area (Å²) >= 11 is 0. The van der Waals surface area contributed by atoms with Crippen molar-refractivity contribution in [3.63, 3.8) is 0 Å². The molecule has 6 nitrogen and oxygen atoms in total. The molecule has 1 heterocycles. The van der Waals surface area contributed by atoms with Crippen LogP contribution in [0.2, 0.25) is 0 Å². The number of ether oxygens (including phenoxy) is 2. The molecule has 0 amide bonds. The van der Waals surface area contributed by atoms with Gasteiger partial charge in [-0.2, -0.15) is 0 Å². The van der Waals surface area contributed by atoms with Crippen molar-refractivity contribution >= 4 is 5.97 Å². The molecule has 0 bridgehead atoms. The molecule has 0 aliphatic carbocycles. The van der Waals surface area contributed by atoms with Gasteiger partial charge in [0.05, 0.1) is 18.8 Å². The van der Waals surface area contributed by atoms with Crippen LogP contribution in [-0.2, 0) is 4.74 Å². The number of hydrogen-bond donors (Lipinski definition) is 2. The van der Waals surface area contributed by atoms with Gasteiger partial charge in [-0.15, -0.1) is 0 Å². The smallest absolute Gasteiger partial charge is 0.337 e. The van der Waals surface area contributed by atoms with Gasteiger partial charge in [-0.3, -0.25) is 0 Å². The predicted molar refractivity (Wildman–Crippen MR) is 81.0 cm³/mol. The largest absolute Gasteiger partial charge is 0.491 e. The number of benzene rings is 1. The number of esters is 1. The highest BCUT2D eigenvalue weighted by molar-refractivity contribution is 5.89. The van der Waals surface area contributed by atoms with E-state index in [1.807, 2.05) is 0 Å². The lowest BCUT2D eigenvalue weighted by molar-refractivity contribution is 0.0337. The number of methoxy groups -OCH3 is 1. The summed E-state index contributed by atoms with van der Waals surface area (Å²) in [6.07, 6.45) is 0.707. The second kappa shape index (κ2) is 8.12. The molecule has 122 valence electrons. The van der Waals surface area contributed by atoms with Crippen LogP contribution in [0.3, 0.4) is 0 Å². The molecule has 6 heteroatoms. The third kappa shape index (κ3) is 4.98. The number of β-amino-alcohol motifs (C(OH)–C–C–N with tert-alkyl or cyclic N) is 1. The first-order chi connectivity index (χ1) is 10.6. The SMILES string of the molecule is COC(=O)c1ccc(OCC(O)CN2CCC(O)CC2)cc1. The van der Waals surface area contributed by atoms with E-state index in [2.05, 4.69) is 9.64 Å². The maximum atomic E-state index is 11.3. The first-order valence-electron chi connectivity index (χ1n) is 7.48. The summed E-state index contributed by atoms with van der Waals surface area (Å²) in [4.78, 5) is 13.4. The summed E-state index contributed by atoms with van der Waals surface area (Å²) in [7, 11) is 1.34. The summed E-state index contributed by atoms with van der Waals surface area (Å²) in [5.74, 6) is 0.208. The molecule has 2 N–H and O–H groups in total. The third-order valence-corrected chi connectivity index (χ3v) is 3.74. The van der Waals surface area contributed by atoms with Crippen molar-refractivity contribution in [3.8, 4) is 5.75 Å². The summed E-state index contributed by atoms with van der Waals surface area (Å²) < 4.78 is 10.1. The standard InChI is InChI=1S/C16H23NO5/c1-21-16(20)12-2-4-15(5-3-12)22-11-14(19)10-17-8-6-13(18)7-9-17/h2-5,13-14,18-19H,6-11H2,1H3. The van der Waals surface area contributed by atoms with Crippen LogP contribution in [0.25, 0.3) is 0 Å². The number of carbonyl (C=O) groups is 1. The lowest BCUT2D eigenvalue weighted by Crippen LogP contribution is -2.41. The van der Waals surface area contributed by atoms with Gasteiger partial charge in [0.15, 0.2) is 0 Å². The third-order valence-electron chi connectivity index (χ3n) is 3.74. The lowest BCUT2D eigenvalue weighted by Gasteiger charge is -2.30. The van der Waals surface area contributed by atoms with E-state index < -0.39 is 6.10 Å². The van der Waals surface area contributed by atoms with Gasteiger partial charge in [-0.05, 0) is 37.1 Å². The van der Waals surface area contributed by atoms with E-state index in [1.165, 1.54) is 7.11 Å². The van der Waals surface area contributed by atoms with Gasteiger partial charge >= 0.3 is 5.97 Å². The zero-order valence-electron chi connectivity index (χ0n) is 12.8. The fourth-order valence-corrected chi connectivity index (χ4v) is 2.45. The van der Waals surface area contributed by atoms with Crippen LogP contribution in [0.15, 0.2) is 24.3 Å². The Morgan fingerprint density at radius 3 is 2.55 bits per heavy atom. The number of piperidine rings is 1. The maximum absolute atomic E-state index is 11.3. The molecular weight excluding hydrogens is 286 g/mol. The Morgan fingerprint density at radius 1 is 1.32 bits per heavy atom. The average molecular weight is 309 g/mol. The minimum Gasteiger partial charge on any atom is -0.491 e. The van der Waals surface area contributed by atoms with Crippen molar-refractivity contribution in [2.24, 2.45) is 0 Å². The molecule has 1 aliphatic heterocycles. The minimum atomic E-state index is -0.587. The van der Waals surface area contributed by atoms with E-state index >= 15 is 0 Å². The monoisotopic (exact) mass is 309 g/mol. The summed E-state index contributed by atoms with van der Waals surface area (Å²) in [6.45, 7) is 2.32. The Hall–Kier alpha value is -1.63. The second-order valence-electron chi connectivity index (χ2n) is 5.51. The van der Waals surface area contributed by atoms with Crippen molar-refractivity contribution in [1.82, 2.24) is 4.90 Å². The molecule has 1 aromatic carbocycles. The molecule has 0 saturated carbocycles. The van der Waals surface area contributed by atoms with Gasteiger partial charge < -0.3 is 24.6 Å². The van der Waals surface area contributed by atoms with Crippen molar-refractivity contribution in [3.05, 3.63) is 29.8 Å². The molecule has 1 aliphatic rings. The van der Waals surface area contributed by atoms with Gasteiger partial charge in [-0.25, -0.2) is 4.79 Å². The second-order valence-corrected chi connectivity index (χ2v) is 5.51. The quantitative estimate of drug-likeness (QED) is 0.752. The molecule has 22 heavy (non-hydrogen) atoms. The molecule has 1 saturated heterocycles. The van der Waals surface area contributed by atoms with Crippen LogP contribution in [-0.4, -0.2) is 66.6 Å². The van der Waals surface area contributed by atoms with Crippen molar-refractivity contribution < 1.29 is 24.5 Å². The van der Waals surface area contributed by atoms with E-state index in [4.69, 9.17) is 4.74 Å². The van der Waals surface area contributed by atoms with Crippen LogP contribution in [0.4, 0.5) is 0 Å². The summed E-state index contributed by atoms with van der Waals surface area (Å²) in [6, 6.07) is 6.60. The normalized spacial score (nSPS) is 18.0. The maximum Gasteiger partial charge on any atom is 0.337 e. The molecule has 1 atom stereocenters. The highest BCUT2D eigenvalue weighted by atomic mass is 16.5. The van der Waals surface area contributed by atoms with E-state index in [0.29, 0.717) is 17.9 Å². The van der Waals surface area contributed by atoms with E-state index in [9.17, 15) is 15.0 Å². The Kier molecular flexibility index (Phi) is 6.18. The fraction of sp³-hybridized carbons (Fsp3) is 0.562. The Labute approximate surface area is 130 Å². The van der Waals surface area contributed by atoms with E-state index in [0.717, 1.165) is 25.9 Å². The highest BCUT2D eigenvalue weighted by Gasteiger charge is 2.19. The van der Waals surface area contributed by atoms with Crippen LogP contribution < -0.4 is 4.74 Å². The van der Waals surface area contributed by atoms with Crippen molar-refractivity contribution in [1.29, 1.82) is 0 Å². The zero-order chi connectivity index (χ0) is 15.9. The highest BCUT2D eigenvalue weighted by Crippen LogP contribution is 2.14. The number of carbonyl (C=O) groups excluding carboxylic acids is 1. The van der Waals surface area contributed by atoms with Crippen molar-refractivity contribution in [2.45, 2.75) is 25.0 Å². The number of likely N-dealkylation sites (tertiary alicyclic amines) is 1. The van der Waals surface area contributed by atoms with Gasteiger partial charge in [-0.1, -0.05) is 0 Å². The number of nitrogens with zero attached hydrogens (tertiary/aromatic N) is 1. The van der Waals surface area contributed by atoms with Crippen molar-refractivity contribution in [2.75, 3.05) is 33.4 Å². The zero-order valence-corrected chi connectivity index (χ0v) is 12.8. The van der Waals surface area contributed by atoms with Crippen LogP contribution in [0, 0.1) is 0 Å². The molecular formula is C16H23NO5. The minimum absolute atomic E-state index is 0.191. The molecule has 1 unspecified atom stereocenters. The van der Waals surface area contributed by atoms with E-state index in [1.54, 1.807) is 24.3 Å². The predicted octanol–water partition coefficient (Wildman–Crippen LogP) is 0.670. The number of aliphatic hydroxyl groups is 2. The fourth-order valence-electron chi connectivity index (χ4n) is 2.45. The Balaban J connectivity index is 1.74. The first kappa shape index (κ1) is 16.7. The van der Waals surface area contributed by atoms with Crippen LogP contribution in [0.5, 0.6) is 5.75 Å². The molecule has 0 spiro atoms. The number of hydrogen-bond acceptors (Lipinski definition) is 6. The average Bonchev–Trinajstić information content (AvgIpc) is 2.55. The Morgan fingerprint density at radius 2 is 1.95 bits per heavy atom. The van der Waals surface area contributed by atoms with Gasteiger partial charge in [0.25, 0.3) is 0 Å². The first-order valence-corrected chi connectivity index (χ1v) is 7.48. The van der Waals surface area contributed by atoms with Gasteiger partial charge in [0.2, 0.25) is 0 Å². The molecule has 1 fully saturated rings. The topological polar surface area (TPSA) is 79.2 Å². The molecule has 0 radical (unpaired) electrons. The molecule has 2 rings (SSSR count). The number of aliphatic hydroxyl groups excluding tert-OH is 2. The van der Waals surface area contributed by atoms with Crippen LogP contribution >= 0.6 is 0 Å². The summed E-state index contributed by atoms with van der Waals surface area (Å²) in [5.41, 5.74) is 0.460. The van der Waals surface area contributed by atoms with Gasteiger partial charge in [0.1, 0.15) is 18.5 Å². The van der Waals surface area contributed by atoms with Gasteiger partial charge in [0, 0.05) is 19.6 Å². The van der Waals surface area contributed by atoms with Crippen LogP contribution in [0.1, 0.15) is 23.2 Å². The molecule has 1 aromatic rings. The lowest BCUT2D eigenvalue weighted by atomic mass is 10.1.